The van der Waals surface area contributed by atoms with Gasteiger partial charge in [0.05, 0.1) is 0 Å². The van der Waals surface area contributed by atoms with E-state index in [0.29, 0.717) is 23.8 Å². The van der Waals surface area contributed by atoms with Crippen molar-refractivity contribution in [3.05, 3.63) is 29.8 Å². The zero-order valence-corrected chi connectivity index (χ0v) is 15.3. The highest BCUT2D eigenvalue weighted by molar-refractivity contribution is 5.95. The van der Waals surface area contributed by atoms with Gasteiger partial charge in [0.25, 0.3) is 5.91 Å². The monoisotopic (exact) mass is 334 g/mol. The minimum Gasteiger partial charge on any atom is -0.351 e. The highest BCUT2D eigenvalue weighted by Gasteiger charge is 2.09. The first-order chi connectivity index (χ1) is 11.3. The molecule has 1 aromatic rings. The molecule has 0 aliphatic carbocycles. The summed E-state index contributed by atoms with van der Waals surface area (Å²) in [5, 5.41) is 8.39. The van der Waals surface area contributed by atoms with Gasteiger partial charge < -0.3 is 20.9 Å². The van der Waals surface area contributed by atoms with Crippen molar-refractivity contribution in [3.63, 3.8) is 0 Å². The van der Waals surface area contributed by atoms with E-state index in [1.807, 2.05) is 13.8 Å². The van der Waals surface area contributed by atoms with Crippen LogP contribution in [0.5, 0.6) is 0 Å². The first-order valence-corrected chi connectivity index (χ1v) is 8.49. The minimum atomic E-state index is -0.254. The molecule has 0 radical (unpaired) electrons. The Bertz CT molecular complexity index is 528. The normalized spacial score (nSPS) is 12.1. The van der Waals surface area contributed by atoms with Crippen molar-refractivity contribution in [1.29, 1.82) is 0 Å². The summed E-state index contributed by atoms with van der Waals surface area (Å²) in [4.78, 5) is 26.0. The summed E-state index contributed by atoms with van der Waals surface area (Å²) in [5.74, 6) is -0.106. The lowest BCUT2D eigenvalue weighted by atomic mass is 10.2. The Morgan fingerprint density at radius 2 is 1.75 bits per heavy atom. The van der Waals surface area contributed by atoms with Crippen molar-refractivity contribution >= 4 is 17.6 Å². The number of urea groups is 1. The number of rotatable bonds is 8. The van der Waals surface area contributed by atoms with E-state index in [-0.39, 0.29) is 18.0 Å². The smallest absolute Gasteiger partial charge is 0.319 e. The molecule has 0 heterocycles. The van der Waals surface area contributed by atoms with Gasteiger partial charge >= 0.3 is 6.03 Å². The molecule has 0 bridgehead atoms. The first-order valence-electron chi connectivity index (χ1n) is 8.49. The van der Waals surface area contributed by atoms with Crippen LogP contribution in [0.15, 0.2) is 24.3 Å². The Kier molecular flexibility index (Phi) is 8.26. The van der Waals surface area contributed by atoms with Gasteiger partial charge in [-0.1, -0.05) is 6.92 Å². The lowest BCUT2D eigenvalue weighted by molar-refractivity contribution is 0.0947. The lowest BCUT2D eigenvalue weighted by Crippen LogP contribution is -2.37. The first kappa shape index (κ1) is 20.0. The minimum absolute atomic E-state index is 0.0728. The van der Waals surface area contributed by atoms with Crippen LogP contribution in [-0.2, 0) is 0 Å². The SMILES string of the molecule is CC[C@@H](C)N(C)CCNC(=O)c1ccc(NC(=O)NC(C)C)cc1. The summed E-state index contributed by atoms with van der Waals surface area (Å²) in [6, 6.07) is 7.18. The van der Waals surface area contributed by atoms with Crippen molar-refractivity contribution < 1.29 is 9.59 Å². The fraction of sp³-hybridized carbons (Fsp3) is 0.556. The van der Waals surface area contributed by atoms with E-state index in [0.717, 1.165) is 13.0 Å². The van der Waals surface area contributed by atoms with Gasteiger partial charge in [-0.2, -0.15) is 0 Å². The van der Waals surface area contributed by atoms with Crippen LogP contribution in [0.3, 0.4) is 0 Å². The molecule has 6 nitrogen and oxygen atoms in total. The maximum absolute atomic E-state index is 12.1. The van der Waals surface area contributed by atoms with Crippen molar-refractivity contribution in [2.75, 3.05) is 25.5 Å². The topological polar surface area (TPSA) is 73.5 Å². The molecule has 3 amide bonds. The summed E-state index contributed by atoms with van der Waals surface area (Å²) in [6.07, 6.45) is 1.09. The van der Waals surface area contributed by atoms with Gasteiger partial charge in [0, 0.05) is 36.4 Å². The number of carbonyl (C=O) groups is 2. The lowest BCUT2D eigenvalue weighted by Gasteiger charge is -2.23. The van der Waals surface area contributed by atoms with Crippen LogP contribution in [0.4, 0.5) is 10.5 Å². The molecular formula is C18H30N4O2. The van der Waals surface area contributed by atoms with E-state index < -0.39 is 0 Å². The number of nitrogens with one attached hydrogen (secondary N) is 3. The Morgan fingerprint density at radius 3 is 2.29 bits per heavy atom. The van der Waals surface area contributed by atoms with Crippen LogP contribution >= 0.6 is 0 Å². The quantitative estimate of drug-likeness (QED) is 0.684. The van der Waals surface area contributed by atoms with Gasteiger partial charge in [0.15, 0.2) is 0 Å². The molecule has 0 aromatic heterocycles. The third-order valence-electron chi connectivity index (χ3n) is 3.92. The van der Waals surface area contributed by atoms with Gasteiger partial charge in [-0.05, 0) is 58.5 Å². The van der Waals surface area contributed by atoms with Gasteiger partial charge in [-0.15, -0.1) is 0 Å². The van der Waals surface area contributed by atoms with Crippen LogP contribution < -0.4 is 16.0 Å². The molecule has 6 heteroatoms. The Hall–Kier alpha value is -2.08. The van der Waals surface area contributed by atoms with E-state index in [9.17, 15) is 9.59 Å². The average Bonchev–Trinajstić information content (AvgIpc) is 2.53. The summed E-state index contributed by atoms with van der Waals surface area (Å²) in [6.45, 7) is 9.53. The number of benzene rings is 1. The summed E-state index contributed by atoms with van der Waals surface area (Å²) >= 11 is 0. The Morgan fingerprint density at radius 1 is 1.12 bits per heavy atom. The Balaban J connectivity index is 2.45. The zero-order valence-electron chi connectivity index (χ0n) is 15.3. The zero-order chi connectivity index (χ0) is 18.1. The van der Waals surface area contributed by atoms with Crippen molar-refractivity contribution in [1.82, 2.24) is 15.5 Å². The molecule has 0 spiro atoms. The van der Waals surface area contributed by atoms with Gasteiger partial charge in [0.2, 0.25) is 0 Å². The molecule has 24 heavy (non-hydrogen) atoms. The average molecular weight is 334 g/mol. The molecule has 0 saturated carbocycles. The van der Waals surface area contributed by atoms with Gasteiger partial charge in [-0.25, -0.2) is 4.79 Å². The molecule has 0 aliphatic rings. The van der Waals surface area contributed by atoms with E-state index >= 15 is 0 Å². The van der Waals surface area contributed by atoms with E-state index in [1.165, 1.54) is 0 Å². The summed E-state index contributed by atoms with van der Waals surface area (Å²) in [7, 11) is 2.06. The molecule has 0 fully saturated rings. The van der Waals surface area contributed by atoms with E-state index in [1.54, 1.807) is 24.3 Å². The van der Waals surface area contributed by atoms with Gasteiger partial charge in [0.1, 0.15) is 0 Å². The second kappa shape index (κ2) is 9.93. The molecule has 1 aromatic carbocycles. The van der Waals surface area contributed by atoms with Crippen LogP contribution in [0.25, 0.3) is 0 Å². The standard InChI is InChI=1S/C18H30N4O2/c1-6-14(4)22(5)12-11-19-17(23)15-7-9-16(10-8-15)21-18(24)20-13(2)3/h7-10,13-14H,6,11-12H2,1-5H3,(H,19,23)(H2,20,21,24)/t14-/m1/s1. The molecule has 1 rings (SSSR count). The molecule has 1 atom stereocenters. The number of likely N-dealkylation sites (N-methyl/N-ethyl adjacent to an activating group) is 1. The summed E-state index contributed by atoms with van der Waals surface area (Å²) < 4.78 is 0. The third-order valence-corrected chi connectivity index (χ3v) is 3.92. The number of anilines is 1. The maximum Gasteiger partial charge on any atom is 0.319 e. The fourth-order valence-electron chi connectivity index (χ4n) is 2.11. The van der Waals surface area contributed by atoms with E-state index in [4.69, 9.17) is 0 Å². The molecule has 134 valence electrons. The predicted octanol–water partition coefficient (Wildman–Crippen LogP) is 2.68. The number of carbonyl (C=O) groups excluding carboxylic acids is 2. The third kappa shape index (κ3) is 7.00. The highest BCUT2D eigenvalue weighted by Crippen LogP contribution is 2.09. The predicted molar refractivity (Wildman–Crippen MR) is 98.4 cm³/mol. The Labute approximate surface area is 145 Å². The number of hydrogen-bond acceptors (Lipinski definition) is 3. The number of nitrogens with zero attached hydrogens (tertiary/aromatic N) is 1. The maximum atomic E-state index is 12.1. The molecular weight excluding hydrogens is 304 g/mol. The van der Waals surface area contributed by atoms with Crippen molar-refractivity contribution in [3.8, 4) is 0 Å². The second-order valence-electron chi connectivity index (χ2n) is 6.32. The molecule has 0 unspecified atom stereocenters. The molecule has 3 N–H and O–H groups in total. The van der Waals surface area contributed by atoms with Crippen LogP contribution in [0, 0.1) is 0 Å². The highest BCUT2D eigenvalue weighted by atomic mass is 16.2. The molecule has 0 saturated heterocycles. The van der Waals surface area contributed by atoms with E-state index in [2.05, 4.69) is 41.7 Å². The fourth-order valence-corrected chi connectivity index (χ4v) is 2.11. The summed E-state index contributed by atoms with van der Waals surface area (Å²) in [5.41, 5.74) is 1.23. The number of hydrogen-bond donors (Lipinski definition) is 3. The van der Waals surface area contributed by atoms with Crippen molar-refractivity contribution in [2.45, 2.75) is 46.2 Å². The van der Waals surface area contributed by atoms with Crippen LogP contribution in [0.1, 0.15) is 44.5 Å². The van der Waals surface area contributed by atoms with Gasteiger partial charge in [-0.3, -0.25) is 4.79 Å². The second-order valence-corrected chi connectivity index (χ2v) is 6.32. The largest absolute Gasteiger partial charge is 0.351 e. The molecule has 0 aliphatic heterocycles. The van der Waals surface area contributed by atoms with Crippen LogP contribution in [0.2, 0.25) is 0 Å². The number of amides is 3. The van der Waals surface area contributed by atoms with Crippen LogP contribution in [-0.4, -0.2) is 49.1 Å². The van der Waals surface area contributed by atoms with Crippen molar-refractivity contribution in [2.24, 2.45) is 0 Å².